The van der Waals surface area contributed by atoms with Crippen LogP contribution in [0.15, 0.2) is 36.8 Å². The van der Waals surface area contributed by atoms with Crippen LogP contribution in [0, 0.1) is 6.92 Å². The zero-order valence-electron chi connectivity index (χ0n) is 8.71. The Morgan fingerprint density at radius 3 is 2.81 bits per heavy atom. The van der Waals surface area contributed by atoms with E-state index in [4.69, 9.17) is 5.11 Å². The molecule has 80 valence electrons. The fraction of sp³-hybridized carbons (Fsp3) is 0.0833. The number of pyridine rings is 2. The summed E-state index contributed by atoms with van der Waals surface area (Å²) in [5.74, 6) is -0.977. The number of carboxylic acids is 1. The van der Waals surface area contributed by atoms with Crippen LogP contribution in [0.5, 0.6) is 0 Å². The van der Waals surface area contributed by atoms with Gasteiger partial charge in [-0.15, -0.1) is 0 Å². The molecule has 4 heteroatoms. The van der Waals surface area contributed by atoms with Gasteiger partial charge < -0.3 is 5.11 Å². The molecule has 0 unspecified atom stereocenters. The highest BCUT2D eigenvalue weighted by molar-refractivity contribution is 5.94. The van der Waals surface area contributed by atoms with Crippen LogP contribution in [0.25, 0.3) is 11.3 Å². The van der Waals surface area contributed by atoms with Crippen LogP contribution in [0.4, 0.5) is 0 Å². The average Bonchev–Trinajstić information content (AvgIpc) is 2.30. The summed E-state index contributed by atoms with van der Waals surface area (Å²) in [6, 6.07) is 5.15. The molecular formula is C12H10N2O2. The Hall–Kier alpha value is -2.23. The van der Waals surface area contributed by atoms with Crippen molar-refractivity contribution < 1.29 is 9.90 Å². The number of aromatic nitrogens is 2. The molecule has 0 aliphatic heterocycles. The Morgan fingerprint density at radius 2 is 2.19 bits per heavy atom. The van der Waals surface area contributed by atoms with Crippen LogP contribution in [0.1, 0.15) is 15.9 Å². The summed E-state index contributed by atoms with van der Waals surface area (Å²) >= 11 is 0. The third-order valence-electron chi connectivity index (χ3n) is 2.19. The maximum Gasteiger partial charge on any atom is 0.337 e. The van der Waals surface area contributed by atoms with Crippen LogP contribution in [0.3, 0.4) is 0 Å². The van der Waals surface area contributed by atoms with Crippen LogP contribution in [-0.4, -0.2) is 21.0 Å². The van der Waals surface area contributed by atoms with Crippen molar-refractivity contribution in [2.24, 2.45) is 0 Å². The third kappa shape index (κ3) is 1.91. The van der Waals surface area contributed by atoms with Gasteiger partial charge in [0.25, 0.3) is 0 Å². The zero-order valence-corrected chi connectivity index (χ0v) is 8.71. The minimum atomic E-state index is -0.977. The van der Waals surface area contributed by atoms with E-state index >= 15 is 0 Å². The Bertz CT molecular complexity index is 524. The molecule has 0 amide bonds. The molecule has 2 heterocycles. The standard InChI is InChI=1S/C12H10N2O2/c1-8-5-10(12(15)16)11(14-6-8)9-3-2-4-13-7-9/h2-7H,1H3,(H,15,16). The lowest BCUT2D eigenvalue weighted by atomic mass is 10.1. The van der Waals surface area contributed by atoms with Crippen LogP contribution < -0.4 is 0 Å². The lowest BCUT2D eigenvalue weighted by Crippen LogP contribution is -2.02. The molecule has 0 saturated heterocycles. The fourth-order valence-electron chi connectivity index (χ4n) is 1.47. The van der Waals surface area contributed by atoms with E-state index in [1.807, 2.05) is 6.92 Å². The van der Waals surface area contributed by atoms with E-state index in [1.54, 1.807) is 36.8 Å². The highest BCUT2D eigenvalue weighted by Gasteiger charge is 2.13. The van der Waals surface area contributed by atoms with Gasteiger partial charge in [0, 0.05) is 24.2 Å². The van der Waals surface area contributed by atoms with Gasteiger partial charge in [-0.05, 0) is 30.7 Å². The monoisotopic (exact) mass is 214 g/mol. The Kier molecular flexibility index (Phi) is 2.64. The molecule has 2 aromatic rings. The van der Waals surface area contributed by atoms with E-state index in [9.17, 15) is 4.79 Å². The minimum Gasteiger partial charge on any atom is -0.478 e. The molecule has 0 aromatic carbocycles. The van der Waals surface area contributed by atoms with E-state index in [0.29, 0.717) is 11.3 Å². The van der Waals surface area contributed by atoms with Gasteiger partial charge in [0.2, 0.25) is 0 Å². The maximum atomic E-state index is 11.1. The van der Waals surface area contributed by atoms with Crippen LogP contribution >= 0.6 is 0 Å². The second-order valence-electron chi connectivity index (χ2n) is 3.46. The average molecular weight is 214 g/mol. The van der Waals surface area contributed by atoms with E-state index in [-0.39, 0.29) is 5.56 Å². The molecule has 0 aliphatic carbocycles. The highest BCUT2D eigenvalue weighted by atomic mass is 16.4. The van der Waals surface area contributed by atoms with E-state index in [0.717, 1.165) is 5.56 Å². The van der Waals surface area contributed by atoms with Gasteiger partial charge >= 0.3 is 5.97 Å². The number of carbonyl (C=O) groups is 1. The smallest absolute Gasteiger partial charge is 0.337 e. The summed E-state index contributed by atoms with van der Waals surface area (Å²) in [7, 11) is 0. The zero-order chi connectivity index (χ0) is 11.5. The first kappa shape index (κ1) is 10.3. The summed E-state index contributed by atoms with van der Waals surface area (Å²) in [5, 5.41) is 9.09. The summed E-state index contributed by atoms with van der Waals surface area (Å²) in [6.45, 7) is 1.81. The number of hydrogen-bond donors (Lipinski definition) is 1. The molecule has 2 aromatic heterocycles. The topological polar surface area (TPSA) is 63.1 Å². The molecule has 1 N–H and O–H groups in total. The predicted molar refractivity (Wildman–Crippen MR) is 59.2 cm³/mol. The molecule has 4 nitrogen and oxygen atoms in total. The maximum absolute atomic E-state index is 11.1. The molecule has 0 fully saturated rings. The summed E-state index contributed by atoms with van der Waals surface area (Å²) < 4.78 is 0. The van der Waals surface area contributed by atoms with Gasteiger partial charge in [0.05, 0.1) is 11.3 Å². The number of aryl methyl sites for hydroxylation is 1. The van der Waals surface area contributed by atoms with Crippen molar-refractivity contribution in [3.05, 3.63) is 47.9 Å². The Labute approximate surface area is 92.6 Å². The molecule has 0 aliphatic rings. The van der Waals surface area contributed by atoms with Crippen molar-refractivity contribution in [3.63, 3.8) is 0 Å². The molecule has 0 bridgehead atoms. The van der Waals surface area contributed by atoms with Crippen molar-refractivity contribution in [1.29, 1.82) is 0 Å². The number of carboxylic acid groups (broad SMARTS) is 1. The number of rotatable bonds is 2. The first-order valence-electron chi connectivity index (χ1n) is 4.79. The van der Waals surface area contributed by atoms with Gasteiger partial charge in [-0.2, -0.15) is 0 Å². The van der Waals surface area contributed by atoms with Crippen molar-refractivity contribution in [3.8, 4) is 11.3 Å². The van der Waals surface area contributed by atoms with Gasteiger partial charge in [0.15, 0.2) is 0 Å². The molecule has 16 heavy (non-hydrogen) atoms. The minimum absolute atomic E-state index is 0.202. The highest BCUT2D eigenvalue weighted by Crippen LogP contribution is 2.20. The van der Waals surface area contributed by atoms with Crippen molar-refractivity contribution >= 4 is 5.97 Å². The molecule has 0 radical (unpaired) electrons. The first-order chi connectivity index (χ1) is 7.68. The third-order valence-corrected chi connectivity index (χ3v) is 2.19. The molecule has 0 saturated carbocycles. The predicted octanol–water partition coefficient (Wildman–Crippen LogP) is 2.15. The summed E-state index contributed by atoms with van der Waals surface area (Å²) in [4.78, 5) is 19.2. The summed E-state index contributed by atoms with van der Waals surface area (Å²) in [6.07, 6.45) is 4.89. The second kappa shape index (κ2) is 4.10. The Morgan fingerprint density at radius 1 is 1.38 bits per heavy atom. The van der Waals surface area contributed by atoms with E-state index < -0.39 is 5.97 Å². The quantitative estimate of drug-likeness (QED) is 0.831. The van der Waals surface area contributed by atoms with Gasteiger partial charge in [-0.3, -0.25) is 9.97 Å². The van der Waals surface area contributed by atoms with Gasteiger partial charge in [-0.1, -0.05) is 0 Å². The molecule has 2 rings (SSSR count). The number of nitrogens with zero attached hydrogens (tertiary/aromatic N) is 2. The molecular weight excluding hydrogens is 204 g/mol. The van der Waals surface area contributed by atoms with Crippen LogP contribution in [-0.2, 0) is 0 Å². The lowest BCUT2D eigenvalue weighted by Gasteiger charge is -2.05. The van der Waals surface area contributed by atoms with E-state index in [2.05, 4.69) is 9.97 Å². The number of hydrogen-bond acceptors (Lipinski definition) is 3. The second-order valence-corrected chi connectivity index (χ2v) is 3.46. The lowest BCUT2D eigenvalue weighted by molar-refractivity contribution is 0.0697. The summed E-state index contributed by atoms with van der Waals surface area (Å²) in [5.41, 5.74) is 2.18. The normalized spacial score (nSPS) is 10.1. The molecule has 0 atom stereocenters. The molecule has 0 spiro atoms. The van der Waals surface area contributed by atoms with E-state index in [1.165, 1.54) is 0 Å². The van der Waals surface area contributed by atoms with Crippen molar-refractivity contribution in [2.45, 2.75) is 6.92 Å². The Balaban J connectivity index is 2.61. The SMILES string of the molecule is Cc1cnc(-c2cccnc2)c(C(=O)O)c1. The number of aromatic carboxylic acids is 1. The van der Waals surface area contributed by atoms with Gasteiger partial charge in [0.1, 0.15) is 0 Å². The first-order valence-corrected chi connectivity index (χ1v) is 4.79. The van der Waals surface area contributed by atoms with Crippen LogP contribution in [0.2, 0.25) is 0 Å². The van der Waals surface area contributed by atoms with Crippen molar-refractivity contribution in [2.75, 3.05) is 0 Å². The fourth-order valence-corrected chi connectivity index (χ4v) is 1.47. The largest absolute Gasteiger partial charge is 0.478 e. The van der Waals surface area contributed by atoms with Crippen molar-refractivity contribution in [1.82, 2.24) is 9.97 Å². The van der Waals surface area contributed by atoms with Gasteiger partial charge in [-0.25, -0.2) is 4.79 Å².